The van der Waals surface area contributed by atoms with Crippen molar-refractivity contribution < 1.29 is 19.4 Å². The Kier molecular flexibility index (Phi) is 18.0. The van der Waals surface area contributed by atoms with Crippen LogP contribution in [-0.4, -0.2) is 45.3 Å². The number of hydrogen-bond acceptors (Lipinski definition) is 7. The van der Waals surface area contributed by atoms with Crippen molar-refractivity contribution >= 4 is 17.6 Å². The molecule has 7 nitrogen and oxygen atoms in total. The van der Waals surface area contributed by atoms with E-state index in [1.807, 2.05) is 0 Å². The van der Waals surface area contributed by atoms with Gasteiger partial charge in [-0.05, 0) is 18.0 Å². The van der Waals surface area contributed by atoms with Crippen LogP contribution < -0.4 is 4.74 Å². The number of rotatable bonds is 21. The zero-order valence-electron chi connectivity index (χ0n) is 19.8. The van der Waals surface area contributed by atoms with Crippen LogP contribution in [0.5, 0.6) is 6.01 Å². The molecular formula is C24H42ClN3O4. The van der Waals surface area contributed by atoms with Crippen LogP contribution in [0.2, 0.25) is 5.28 Å². The van der Waals surface area contributed by atoms with Gasteiger partial charge in [0.2, 0.25) is 5.28 Å². The second-order valence-electron chi connectivity index (χ2n) is 8.38. The molecule has 184 valence electrons. The standard InChI is InChI=1S/C24H42ClN3O4/c1-2-3-4-5-6-7-8-9-10-11-12-13-14-15-16-17-22(30)31-18-21(29)19-32-24-27-20-26-23(25)28-24/h20-21,29H,2-19H2,1H3. The van der Waals surface area contributed by atoms with Gasteiger partial charge in [-0.15, -0.1) is 0 Å². The third kappa shape index (κ3) is 17.1. The molecule has 0 aromatic carbocycles. The van der Waals surface area contributed by atoms with Gasteiger partial charge >= 0.3 is 12.0 Å². The lowest BCUT2D eigenvalue weighted by Gasteiger charge is -2.11. The summed E-state index contributed by atoms with van der Waals surface area (Å²) >= 11 is 5.62. The molecule has 1 aromatic rings. The van der Waals surface area contributed by atoms with Gasteiger partial charge in [-0.25, -0.2) is 4.98 Å². The quantitative estimate of drug-likeness (QED) is 0.172. The van der Waals surface area contributed by atoms with Gasteiger partial charge in [-0.1, -0.05) is 96.8 Å². The minimum Gasteiger partial charge on any atom is -0.463 e. The molecule has 0 spiro atoms. The Balaban J connectivity index is 1.84. The number of aliphatic hydroxyl groups excluding tert-OH is 1. The summed E-state index contributed by atoms with van der Waals surface area (Å²) in [6.45, 7) is 2.06. The minimum absolute atomic E-state index is 0.0133. The highest BCUT2D eigenvalue weighted by atomic mass is 35.5. The molecule has 0 fully saturated rings. The molecule has 0 saturated heterocycles. The first-order valence-corrected chi connectivity index (χ1v) is 12.8. The Bertz CT molecular complexity index is 592. The van der Waals surface area contributed by atoms with Crippen molar-refractivity contribution in [3.8, 4) is 6.01 Å². The SMILES string of the molecule is CCCCCCCCCCCCCCCCCC(=O)OCC(O)COc1ncnc(Cl)n1. The number of unbranched alkanes of at least 4 members (excludes halogenated alkanes) is 14. The number of carbonyl (C=O) groups is 1. The summed E-state index contributed by atoms with van der Waals surface area (Å²) in [5, 5.41) is 9.84. The molecule has 1 aromatic heterocycles. The van der Waals surface area contributed by atoms with Gasteiger partial charge in [0.15, 0.2) is 0 Å². The van der Waals surface area contributed by atoms with Gasteiger partial charge < -0.3 is 14.6 Å². The van der Waals surface area contributed by atoms with Crippen molar-refractivity contribution in [3.63, 3.8) is 0 Å². The number of esters is 1. The summed E-state index contributed by atoms with van der Waals surface area (Å²) < 4.78 is 10.3. The maximum absolute atomic E-state index is 11.8. The Morgan fingerprint density at radius 2 is 1.41 bits per heavy atom. The van der Waals surface area contributed by atoms with Crippen LogP contribution in [0.3, 0.4) is 0 Å². The molecule has 32 heavy (non-hydrogen) atoms. The molecule has 1 rings (SSSR count). The highest BCUT2D eigenvalue weighted by Crippen LogP contribution is 2.14. The number of aromatic nitrogens is 3. The van der Waals surface area contributed by atoms with E-state index in [2.05, 4.69) is 21.9 Å². The maximum Gasteiger partial charge on any atom is 0.320 e. The predicted molar refractivity (Wildman–Crippen MR) is 127 cm³/mol. The predicted octanol–water partition coefficient (Wildman–Crippen LogP) is 6.07. The lowest BCUT2D eigenvalue weighted by atomic mass is 10.0. The lowest BCUT2D eigenvalue weighted by Crippen LogP contribution is -2.25. The van der Waals surface area contributed by atoms with Crippen LogP contribution in [0, 0.1) is 0 Å². The number of nitrogens with zero attached hydrogens (tertiary/aromatic N) is 3. The number of hydrogen-bond donors (Lipinski definition) is 1. The first-order chi connectivity index (χ1) is 15.6. The summed E-state index contributed by atoms with van der Waals surface area (Å²) in [6.07, 6.45) is 20.0. The lowest BCUT2D eigenvalue weighted by molar-refractivity contribution is -0.147. The van der Waals surface area contributed by atoms with E-state index in [0.717, 1.165) is 19.3 Å². The van der Waals surface area contributed by atoms with Gasteiger partial charge in [0, 0.05) is 6.42 Å². The Labute approximate surface area is 198 Å². The van der Waals surface area contributed by atoms with Crippen molar-refractivity contribution in [1.29, 1.82) is 0 Å². The van der Waals surface area contributed by atoms with E-state index in [1.165, 1.54) is 83.4 Å². The van der Waals surface area contributed by atoms with E-state index >= 15 is 0 Å². The van der Waals surface area contributed by atoms with E-state index < -0.39 is 6.10 Å². The Morgan fingerprint density at radius 3 is 1.94 bits per heavy atom. The highest BCUT2D eigenvalue weighted by molar-refractivity contribution is 6.28. The fourth-order valence-corrected chi connectivity index (χ4v) is 3.57. The normalized spacial score (nSPS) is 12.0. The third-order valence-electron chi connectivity index (χ3n) is 5.35. The number of aliphatic hydroxyl groups is 1. The average Bonchev–Trinajstić information content (AvgIpc) is 2.79. The van der Waals surface area contributed by atoms with Crippen LogP contribution in [0.15, 0.2) is 6.33 Å². The summed E-state index contributed by atoms with van der Waals surface area (Å²) in [7, 11) is 0. The summed E-state index contributed by atoms with van der Waals surface area (Å²) in [5.74, 6) is -0.290. The van der Waals surface area contributed by atoms with Gasteiger partial charge in [0.1, 0.15) is 25.6 Å². The summed E-state index contributed by atoms with van der Waals surface area (Å²) in [4.78, 5) is 22.9. The molecule has 1 N–H and O–H groups in total. The van der Waals surface area contributed by atoms with Crippen LogP contribution >= 0.6 is 11.6 Å². The molecule has 1 unspecified atom stereocenters. The van der Waals surface area contributed by atoms with Crippen LogP contribution in [0.25, 0.3) is 0 Å². The Hall–Kier alpha value is -1.47. The average molecular weight is 472 g/mol. The van der Waals surface area contributed by atoms with Crippen LogP contribution in [-0.2, 0) is 9.53 Å². The fourth-order valence-electron chi connectivity index (χ4n) is 3.45. The first kappa shape index (κ1) is 28.6. The molecule has 0 radical (unpaired) electrons. The van der Waals surface area contributed by atoms with Crippen LogP contribution in [0.4, 0.5) is 0 Å². The molecule has 0 bridgehead atoms. The molecule has 0 amide bonds. The van der Waals surface area contributed by atoms with Crippen molar-refractivity contribution in [2.75, 3.05) is 13.2 Å². The monoisotopic (exact) mass is 471 g/mol. The van der Waals surface area contributed by atoms with Gasteiger partial charge in [0.05, 0.1) is 0 Å². The van der Waals surface area contributed by atoms with Gasteiger partial charge in [0.25, 0.3) is 0 Å². The topological polar surface area (TPSA) is 94.4 Å². The minimum atomic E-state index is -0.949. The molecule has 0 aliphatic carbocycles. The Morgan fingerprint density at radius 1 is 0.875 bits per heavy atom. The van der Waals surface area contributed by atoms with E-state index in [4.69, 9.17) is 21.1 Å². The smallest absolute Gasteiger partial charge is 0.320 e. The number of halogens is 1. The largest absolute Gasteiger partial charge is 0.463 e. The molecule has 8 heteroatoms. The number of ether oxygens (including phenoxy) is 2. The van der Waals surface area contributed by atoms with Crippen LogP contribution in [0.1, 0.15) is 110 Å². The second kappa shape index (κ2) is 20.2. The van der Waals surface area contributed by atoms with Crippen molar-refractivity contribution in [2.24, 2.45) is 0 Å². The highest BCUT2D eigenvalue weighted by Gasteiger charge is 2.11. The fraction of sp³-hybridized carbons (Fsp3) is 0.833. The molecular weight excluding hydrogens is 430 g/mol. The van der Waals surface area contributed by atoms with Crippen molar-refractivity contribution in [1.82, 2.24) is 15.0 Å². The van der Waals surface area contributed by atoms with Gasteiger partial charge in [-0.3, -0.25) is 4.79 Å². The summed E-state index contributed by atoms with van der Waals surface area (Å²) in [5.41, 5.74) is 0. The van der Waals surface area contributed by atoms with E-state index in [-0.39, 0.29) is 30.5 Å². The van der Waals surface area contributed by atoms with Crippen molar-refractivity contribution in [2.45, 2.75) is 116 Å². The summed E-state index contributed by atoms with van der Waals surface area (Å²) in [6, 6.07) is 0.0215. The van der Waals surface area contributed by atoms with E-state index in [1.54, 1.807) is 0 Å². The molecule has 0 saturated carbocycles. The van der Waals surface area contributed by atoms with Crippen molar-refractivity contribution in [3.05, 3.63) is 11.6 Å². The number of carbonyl (C=O) groups excluding carboxylic acids is 1. The maximum atomic E-state index is 11.8. The molecule has 1 atom stereocenters. The zero-order valence-corrected chi connectivity index (χ0v) is 20.5. The zero-order chi connectivity index (χ0) is 23.3. The van der Waals surface area contributed by atoms with E-state index in [0.29, 0.717) is 6.42 Å². The first-order valence-electron chi connectivity index (χ1n) is 12.4. The molecule has 0 aliphatic rings. The third-order valence-corrected chi connectivity index (χ3v) is 5.53. The van der Waals surface area contributed by atoms with Gasteiger partial charge in [-0.2, -0.15) is 9.97 Å². The molecule has 1 heterocycles. The van der Waals surface area contributed by atoms with E-state index in [9.17, 15) is 9.90 Å². The molecule has 0 aliphatic heterocycles. The second-order valence-corrected chi connectivity index (χ2v) is 8.72.